The molecule has 4 nitrogen and oxygen atoms in total. The van der Waals surface area contributed by atoms with Gasteiger partial charge in [0.1, 0.15) is 0 Å². The first-order valence-corrected chi connectivity index (χ1v) is 2.98. The van der Waals surface area contributed by atoms with Gasteiger partial charge in [-0.15, -0.1) is 0 Å². The average molecular weight is 281 g/mol. The number of carboxylic acid groups (broad SMARTS) is 2. The first-order valence-electron chi connectivity index (χ1n) is 2.98. The molecule has 0 unspecified atom stereocenters. The molecule has 0 atom stereocenters. The van der Waals surface area contributed by atoms with Gasteiger partial charge in [-0.2, -0.15) is 0 Å². The number of carboxylic acids is 2. The van der Waals surface area contributed by atoms with Crippen molar-refractivity contribution in [3.63, 3.8) is 0 Å². The van der Waals surface area contributed by atoms with E-state index in [0.717, 1.165) is 0 Å². The second-order valence-electron chi connectivity index (χ2n) is 1.49. The van der Waals surface area contributed by atoms with E-state index in [4.69, 9.17) is 10.2 Å². The molecule has 0 saturated heterocycles. The van der Waals surface area contributed by atoms with E-state index < -0.39 is 11.9 Å². The molecule has 0 aromatic carbocycles. The van der Waals surface area contributed by atoms with Crippen molar-refractivity contribution < 1.29 is 19.8 Å². The van der Waals surface area contributed by atoms with E-state index in [1.165, 1.54) is 0 Å². The Morgan fingerprint density at radius 1 is 1.00 bits per heavy atom. The zero-order chi connectivity index (χ0) is 8.57. The monoisotopic (exact) mass is 281 g/mol. The SMILES string of the molecule is CCC(=O)O.CCC(=O)O.[Cs]. The quantitative estimate of drug-likeness (QED) is 0.776. The number of hydrogen-bond donors (Lipinski definition) is 2. The molecule has 0 aliphatic rings. The van der Waals surface area contributed by atoms with Crippen LogP contribution in [0.2, 0.25) is 0 Å². The van der Waals surface area contributed by atoms with Crippen LogP contribution in [-0.4, -0.2) is 91.0 Å². The molecule has 0 aromatic rings. The van der Waals surface area contributed by atoms with Gasteiger partial charge in [-0.3, -0.25) is 9.59 Å². The Bertz CT molecular complexity index is 99.1. The Morgan fingerprint density at radius 2 is 1.09 bits per heavy atom. The second-order valence-corrected chi connectivity index (χ2v) is 1.49. The normalized spacial score (nSPS) is 6.73. The summed E-state index contributed by atoms with van der Waals surface area (Å²) in [5.74, 6) is -1.49. The third-order valence-electron chi connectivity index (χ3n) is 0.605. The van der Waals surface area contributed by atoms with E-state index in [1.807, 2.05) is 0 Å². The molecule has 0 amide bonds. The standard InChI is InChI=1S/2C3H6O2.Cs/c2*1-2-3(4)5;/h2*2H2,1H3,(H,4,5);. The fourth-order valence-electron chi connectivity index (χ4n) is 0. The Morgan fingerprint density at radius 3 is 1.09 bits per heavy atom. The van der Waals surface area contributed by atoms with Gasteiger partial charge < -0.3 is 10.2 Å². The van der Waals surface area contributed by atoms with Crippen molar-refractivity contribution >= 4 is 80.8 Å². The van der Waals surface area contributed by atoms with Crippen LogP contribution in [0.15, 0.2) is 0 Å². The Kier molecular flexibility index (Phi) is 22.1. The van der Waals surface area contributed by atoms with Crippen molar-refractivity contribution in [1.29, 1.82) is 0 Å². The van der Waals surface area contributed by atoms with Gasteiger partial charge in [-0.1, -0.05) is 13.8 Å². The molecule has 0 rings (SSSR count). The van der Waals surface area contributed by atoms with Crippen LogP contribution in [0.5, 0.6) is 0 Å². The molecule has 0 saturated carbocycles. The average Bonchev–Trinajstić information content (AvgIpc) is 1.89. The van der Waals surface area contributed by atoms with Crippen LogP contribution < -0.4 is 0 Å². The summed E-state index contributed by atoms with van der Waals surface area (Å²) in [7, 11) is 0. The topological polar surface area (TPSA) is 74.6 Å². The predicted molar refractivity (Wildman–Crippen MR) is 41.6 cm³/mol. The first-order chi connectivity index (χ1) is 4.54. The van der Waals surface area contributed by atoms with Crippen LogP contribution in [0.4, 0.5) is 0 Å². The molecule has 11 heavy (non-hydrogen) atoms. The fraction of sp³-hybridized carbons (Fsp3) is 0.667. The van der Waals surface area contributed by atoms with Crippen LogP contribution in [0.3, 0.4) is 0 Å². The van der Waals surface area contributed by atoms with Crippen molar-refractivity contribution in [2.24, 2.45) is 0 Å². The Labute approximate surface area is 125 Å². The maximum absolute atomic E-state index is 9.37. The number of rotatable bonds is 2. The minimum absolute atomic E-state index is 0. The van der Waals surface area contributed by atoms with Crippen LogP contribution >= 0.6 is 0 Å². The van der Waals surface area contributed by atoms with Crippen molar-refractivity contribution in [3.05, 3.63) is 0 Å². The van der Waals surface area contributed by atoms with Crippen molar-refractivity contribution in [2.45, 2.75) is 26.7 Å². The molecule has 2 N–H and O–H groups in total. The van der Waals surface area contributed by atoms with Crippen molar-refractivity contribution in [1.82, 2.24) is 0 Å². The smallest absolute Gasteiger partial charge is 0.303 e. The molecule has 5 heteroatoms. The number of aliphatic carboxylic acids is 2. The summed E-state index contributed by atoms with van der Waals surface area (Å²) >= 11 is 0. The second kappa shape index (κ2) is 13.6. The fourth-order valence-corrected chi connectivity index (χ4v) is 0. The summed E-state index contributed by atoms with van der Waals surface area (Å²) in [6.07, 6.45) is 0.444. The molecule has 0 spiro atoms. The molecule has 0 fully saturated rings. The summed E-state index contributed by atoms with van der Waals surface area (Å²) in [5.41, 5.74) is 0. The maximum Gasteiger partial charge on any atom is 0.303 e. The van der Waals surface area contributed by atoms with Crippen LogP contribution in [-0.2, 0) is 9.59 Å². The van der Waals surface area contributed by atoms with Crippen LogP contribution in [0.25, 0.3) is 0 Å². The first kappa shape index (κ1) is 17.9. The zero-order valence-corrected chi connectivity index (χ0v) is 13.4. The molecule has 0 aliphatic carbocycles. The van der Waals surface area contributed by atoms with E-state index in [9.17, 15) is 9.59 Å². The summed E-state index contributed by atoms with van der Waals surface area (Å²) in [6.45, 7) is 3.20. The third kappa shape index (κ3) is 35.7. The number of carbonyl (C=O) groups is 2. The third-order valence-corrected chi connectivity index (χ3v) is 0.605. The minimum atomic E-state index is -0.745. The van der Waals surface area contributed by atoms with E-state index in [1.54, 1.807) is 13.8 Å². The molecule has 1 radical (unpaired) electrons. The van der Waals surface area contributed by atoms with Gasteiger partial charge in [0.25, 0.3) is 0 Å². The van der Waals surface area contributed by atoms with Gasteiger partial charge in [0.2, 0.25) is 0 Å². The Hall–Kier alpha value is 0.992. The summed E-state index contributed by atoms with van der Waals surface area (Å²) in [4.78, 5) is 18.7. The molecular weight excluding hydrogens is 269 g/mol. The van der Waals surface area contributed by atoms with Gasteiger partial charge in [-0.05, 0) is 0 Å². The van der Waals surface area contributed by atoms with E-state index >= 15 is 0 Å². The molecule has 0 bridgehead atoms. The van der Waals surface area contributed by atoms with E-state index in [0.29, 0.717) is 0 Å². The van der Waals surface area contributed by atoms with Crippen molar-refractivity contribution in [2.75, 3.05) is 0 Å². The van der Waals surface area contributed by atoms with E-state index in [2.05, 4.69) is 0 Å². The Balaban J connectivity index is -0.000000107. The van der Waals surface area contributed by atoms with E-state index in [-0.39, 0.29) is 81.7 Å². The molecule has 61 valence electrons. The van der Waals surface area contributed by atoms with Gasteiger partial charge in [0.15, 0.2) is 0 Å². The largest absolute Gasteiger partial charge is 0.481 e. The maximum atomic E-state index is 9.37. The van der Waals surface area contributed by atoms with Crippen molar-refractivity contribution in [3.8, 4) is 0 Å². The molecule has 0 aromatic heterocycles. The minimum Gasteiger partial charge on any atom is -0.481 e. The molecule has 0 aliphatic heterocycles. The van der Waals surface area contributed by atoms with Gasteiger partial charge >= 0.3 is 11.9 Å². The summed E-state index contributed by atoms with van der Waals surface area (Å²) in [5, 5.41) is 15.4. The van der Waals surface area contributed by atoms with Gasteiger partial charge in [-0.25, -0.2) is 0 Å². The summed E-state index contributed by atoms with van der Waals surface area (Å²) in [6, 6.07) is 0. The molecule has 0 heterocycles. The van der Waals surface area contributed by atoms with Gasteiger partial charge in [0.05, 0.1) is 0 Å². The number of hydrogen-bond acceptors (Lipinski definition) is 2. The molecular formula is C6H12CsO4. The zero-order valence-electron chi connectivity index (χ0n) is 7.13. The summed E-state index contributed by atoms with van der Waals surface area (Å²) < 4.78 is 0. The predicted octanol–water partition coefficient (Wildman–Crippen LogP) is 0.581. The van der Waals surface area contributed by atoms with Crippen LogP contribution in [0, 0.1) is 0 Å². The van der Waals surface area contributed by atoms with Crippen LogP contribution in [0.1, 0.15) is 26.7 Å². The van der Waals surface area contributed by atoms with Gasteiger partial charge in [0, 0.05) is 81.7 Å².